The molecule has 1 aliphatic carbocycles. The number of nitrogens with zero attached hydrogens (tertiary/aromatic N) is 3. The van der Waals surface area contributed by atoms with Crippen molar-refractivity contribution >= 4 is 5.96 Å². The minimum atomic E-state index is 0.389. The van der Waals surface area contributed by atoms with Gasteiger partial charge in [0.1, 0.15) is 0 Å². The molecule has 27 heavy (non-hydrogen) atoms. The van der Waals surface area contributed by atoms with Gasteiger partial charge in [0.2, 0.25) is 0 Å². The molecule has 1 saturated carbocycles. The van der Waals surface area contributed by atoms with Gasteiger partial charge in [0, 0.05) is 53.0 Å². The van der Waals surface area contributed by atoms with Crippen LogP contribution in [-0.4, -0.2) is 88.5 Å². The van der Waals surface area contributed by atoms with Gasteiger partial charge < -0.3 is 24.6 Å². The molecule has 0 aromatic carbocycles. The fraction of sp³-hybridized carbons (Fsp3) is 0.952. The molecule has 6 nitrogen and oxygen atoms in total. The molecule has 0 aromatic heterocycles. The minimum Gasteiger partial charge on any atom is -0.385 e. The van der Waals surface area contributed by atoms with Crippen LogP contribution >= 0.6 is 0 Å². The van der Waals surface area contributed by atoms with Crippen molar-refractivity contribution in [2.24, 2.45) is 4.99 Å². The highest BCUT2D eigenvalue weighted by Crippen LogP contribution is 2.21. The zero-order valence-electron chi connectivity index (χ0n) is 17.9. The maximum Gasteiger partial charge on any atom is 0.193 e. The van der Waals surface area contributed by atoms with Crippen LogP contribution in [0.1, 0.15) is 57.8 Å². The quantitative estimate of drug-likeness (QED) is 0.358. The zero-order chi connectivity index (χ0) is 19.3. The Bertz CT molecular complexity index is 405. The fourth-order valence-corrected chi connectivity index (χ4v) is 4.25. The summed E-state index contributed by atoms with van der Waals surface area (Å²) in [6.45, 7) is 5.81. The van der Waals surface area contributed by atoms with E-state index in [0.29, 0.717) is 6.10 Å². The van der Waals surface area contributed by atoms with Crippen LogP contribution in [0.15, 0.2) is 4.99 Å². The number of aliphatic imine (C=N–C) groups is 1. The maximum absolute atomic E-state index is 5.96. The van der Waals surface area contributed by atoms with Crippen LogP contribution in [0.3, 0.4) is 0 Å². The SMILES string of the molecule is CN=C(NCCCN(C)C1CCCCC1)N1CCC(OCCCOC)CC1. The van der Waals surface area contributed by atoms with Crippen molar-refractivity contribution in [3.63, 3.8) is 0 Å². The molecule has 1 aliphatic heterocycles. The average Bonchev–Trinajstić information content (AvgIpc) is 2.72. The van der Waals surface area contributed by atoms with E-state index in [0.717, 1.165) is 64.1 Å². The molecule has 6 heteroatoms. The molecule has 2 rings (SSSR count). The Hall–Kier alpha value is -0.850. The highest BCUT2D eigenvalue weighted by atomic mass is 16.5. The molecular weight excluding hydrogens is 340 g/mol. The molecule has 2 aliphatic rings. The van der Waals surface area contributed by atoms with Crippen LogP contribution in [0.4, 0.5) is 0 Å². The molecule has 0 amide bonds. The molecular formula is C21H42N4O2. The Labute approximate surface area is 166 Å². The van der Waals surface area contributed by atoms with Gasteiger partial charge in [-0.2, -0.15) is 0 Å². The van der Waals surface area contributed by atoms with E-state index < -0.39 is 0 Å². The number of methoxy groups -OCH3 is 1. The lowest BCUT2D eigenvalue weighted by Gasteiger charge is -2.34. The van der Waals surface area contributed by atoms with E-state index in [-0.39, 0.29) is 0 Å². The second-order valence-corrected chi connectivity index (χ2v) is 8.00. The first kappa shape index (κ1) is 22.4. The minimum absolute atomic E-state index is 0.389. The standard InChI is InChI=1S/C21H42N4O2/c1-22-21(23-13-7-14-24(2)19-9-5-4-6-10-19)25-15-11-20(12-16-25)27-18-8-17-26-3/h19-20H,4-18H2,1-3H3,(H,22,23). The summed E-state index contributed by atoms with van der Waals surface area (Å²) in [7, 11) is 5.93. The van der Waals surface area contributed by atoms with E-state index in [4.69, 9.17) is 9.47 Å². The lowest BCUT2D eigenvalue weighted by molar-refractivity contribution is 0.00991. The van der Waals surface area contributed by atoms with E-state index in [2.05, 4.69) is 27.2 Å². The summed E-state index contributed by atoms with van der Waals surface area (Å²) in [5.74, 6) is 1.05. The third-order valence-electron chi connectivity index (χ3n) is 5.97. The lowest BCUT2D eigenvalue weighted by atomic mass is 9.94. The second kappa shape index (κ2) is 13.3. The molecule has 1 N–H and O–H groups in total. The first-order chi connectivity index (χ1) is 13.2. The van der Waals surface area contributed by atoms with Gasteiger partial charge >= 0.3 is 0 Å². The predicted octanol–water partition coefficient (Wildman–Crippen LogP) is 2.73. The molecule has 0 radical (unpaired) electrons. The van der Waals surface area contributed by atoms with Gasteiger partial charge in [-0.25, -0.2) is 0 Å². The van der Waals surface area contributed by atoms with Crippen molar-refractivity contribution in [3.8, 4) is 0 Å². The summed E-state index contributed by atoms with van der Waals surface area (Å²) in [4.78, 5) is 9.43. The van der Waals surface area contributed by atoms with Gasteiger partial charge in [-0.15, -0.1) is 0 Å². The summed E-state index contributed by atoms with van der Waals surface area (Å²) in [5, 5.41) is 3.56. The van der Waals surface area contributed by atoms with E-state index in [1.807, 2.05) is 7.05 Å². The fourth-order valence-electron chi connectivity index (χ4n) is 4.25. The van der Waals surface area contributed by atoms with E-state index in [9.17, 15) is 0 Å². The van der Waals surface area contributed by atoms with Crippen LogP contribution in [0.25, 0.3) is 0 Å². The number of hydrogen-bond acceptors (Lipinski definition) is 4. The van der Waals surface area contributed by atoms with Crippen molar-refractivity contribution in [2.45, 2.75) is 69.9 Å². The molecule has 1 heterocycles. The first-order valence-corrected chi connectivity index (χ1v) is 11.0. The molecule has 1 saturated heterocycles. The number of hydrogen-bond donors (Lipinski definition) is 1. The van der Waals surface area contributed by atoms with Gasteiger partial charge in [0.25, 0.3) is 0 Å². The van der Waals surface area contributed by atoms with Gasteiger partial charge in [0.05, 0.1) is 6.10 Å². The van der Waals surface area contributed by atoms with Gasteiger partial charge in [0.15, 0.2) is 5.96 Å². The molecule has 158 valence electrons. The lowest BCUT2D eigenvalue weighted by Crippen LogP contribution is -2.47. The van der Waals surface area contributed by atoms with Crippen LogP contribution < -0.4 is 5.32 Å². The second-order valence-electron chi connectivity index (χ2n) is 8.00. The van der Waals surface area contributed by atoms with Crippen molar-refractivity contribution in [1.82, 2.24) is 15.1 Å². The summed E-state index contributed by atoms with van der Waals surface area (Å²) in [6, 6.07) is 0.806. The topological polar surface area (TPSA) is 49.3 Å². The van der Waals surface area contributed by atoms with Crippen molar-refractivity contribution in [1.29, 1.82) is 0 Å². The van der Waals surface area contributed by atoms with Gasteiger partial charge in [-0.1, -0.05) is 19.3 Å². The number of rotatable bonds is 10. The van der Waals surface area contributed by atoms with Crippen LogP contribution in [0.2, 0.25) is 0 Å². The van der Waals surface area contributed by atoms with Crippen LogP contribution in [0.5, 0.6) is 0 Å². The third kappa shape index (κ3) is 8.36. The molecule has 0 spiro atoms. The number of guanidine groups is 1. The summed E-state index contributed by atoms with van der Waals surface area (Å²) < 4.78 is 11.0. The van der Waals surface area contributed by atoms with Gasteiger partial charge in [-0.3, -0.25) is 4.99 Å². The van der Waals surface area contributed by atoms with Gasteiger partial charge in [-0.05, 0) is 52.1 Å². The monoisotopic (exact) mass is 382 g/mol. The van der Waals surface area contributed by atoms with E-state index in [1.54, 1.807) is 7.11 Å². The van der Waals surface area contributed by atoms with E-state index >= 15 is 0 Å². The Morgan fingerprint density at radius 2 is 1.81 bits per heavy atom. The summed E-state index contributed by atoms with van der Waals surface area (Å²) >= 11 is 0. The van der Waals surface area contributed by atoms with Crippen molar-refractivity contribution < 1.29 is 9.47 Å². The number of likely N-dealkylation sites (tertiary alicyclic amines) is 1. The molecule has 0 unspecified atom stereocenters. The Balaban J connectivity index is 1.57. The molecule has 0 atom stereocenters. The predicted molar refractivity (Wildman–Crippen MR) is 113 cm³/mol. The van der Waals surface area contributed by atoms with E-state index in [1.165, 1.54) is 45.1 Å². The number of nitrogens with one attached hydrogen (secondary N) is 1. The van der Waals surface area contributed by atoms with Crippen molar-refractivity contribution in [3.05, 3.63) is 0 Å². The normalized spacial score (nSPS) is 20.4. The summed E-state index contributed by atoms with van der Waals surface area (Å²) in [6.07, 6.45) is 11.7. The first-order valence-electron chi connectivity index (χ1n) is 11.0. The zero-order valence-corrected chi connectivity index (χ0v) is 17.9. The average molecular weight is 383 g/mol. The largest absolute Gasteiger partial charge is 0.385 e. The highest BCUT2D eigenvalue weighted by Gasteiger charge is 2.22. The summed E-state index contributed by atoms with van der Waals surface area (Å²) in [5.41, 5.74) is 0. The Kier molecular flexibility index (Phi) is 11.1. The maximum atomic E-state index is 5.96. The Morgan fingerprint density at radius 3 is 2.48 bits per heavy atom. The third-order valence-corrected chi connectivity index (χ3v) is 5.97. The number of piperidine rings is 1. The van der Waals surface area contributed by atoms with Crippen LogP contribution in [-0.2, 0) is 9.47 Å². The highest BCUT2D eigenvalue weighted by molar-refractivity contribution is 5.79. The van der Waals surface area contributed by atoms with Crippen LogP contribution in [0, 0.1) is 0 Å². The number of ether oxygens (including phenoxy) is 2. The molecule has 0 aromatic rings. The smallest absolute Gasteiger partial charge is 0.193 e. The molecule has 0 bridgehead atoms. The molecule has 2 fully saturated rings. The Morgan fingerprint density at radius 1 is 1.07 bits per heavy atom. The van der Waals surface area contributed by atoms with Crippen molar-refractivity contribution in [2.75, 3.05) is 60.6 Å².